The molecule has 3 amide bonds. The Hall–Kier alpha value is -3.01. The van der Waals surface area contributed by atoms with E-state index >= 15 is 0 Å². The van der Waals surface area contributed by atoms with E-state index in [1.165, 1.54) is 13.1 Å². The van der Waals surface area contributed by atoms with Crippen LogP contribution in [0.2, 0.25) is 0 Å². The van der Waals surface area contributed by atoms with E-state index in [1.807, 2.05) is 30.3 Å². The predicted molar refractivity (Wildman–Crippen MR) is 104 cm³/mol. The summed E-state index contributed by atoms with van der Waals surface area (Å²) >= 11 is 1.04. The molecule has 3 aromatic rings. The van der Waals surface area contributed by atoms with E-state index < -0.39 is 23.7 Å². The largest absolute Gasteiger partial charge is 0.416 e. The van der Waals surface area contributed by atoms with Crippen LogP contribution in [0.1, 0.15) is 11.1 Å². The van der Waals surface area contributed by atoms with Gasteiger partial charge < -0.3 is 9.88 Å². The van der Waals surface area contributed by atoms with Crippen LogP contribution in [0.4, 0.5) is 18.0 Å². The SMILES string of the molecule is CNC(=O)NC(=O)CSc1nc2cc(C(F)(F)F)ccc2n1Cc1ccccc1. The standard InChI is InChI=1S/C19H17F3N4O2S/c1-23-17(28)25-16(27)11-29-18-24-14-9-13(19(20,21)22)7-8-15(14)26(18)10-12-5-3-2-4-6-12/h2-9H,10-11H2,1H3,(H2,23,25,27,28). The second-order valence-electron chi connectivity index (χ2n) is 6.08. The van der Waals surface area contributed by atoms with Gasteiger partial charge in [-0.05, 0) is 23.8 Å². The number of aromatic nitrogens is 2. The van der Waals surface area contributed by atoms with E-state index in [9.17, 15) is 22.8 Å². The summed E-state index contributed by atoms with van der Waals surface area (Å²) in [6, 6.07) is 12.1. The predicted octanol–water partition coefficient (Wildman–Crippen LogP) is 3.65. The number of amides is 3. The molecule has 0 aliphatic rings. The highest BCUT2D eigenvalue weighted by molar-refractivity contribution is 7.99. The first-order chi connectivity index (χ1) is 13.8. The van der Waals surface area contributed by atoms with Gasteiger partial charge >= 0.3 is 12.2 Å². The fourth-order valence-corrected chi connectivity index (χ4v) is 3.48. The minimum atomic E-state index is -4.47. The summed E-state index contributed by atoms with van der Waals surface area (Å²) in [5, 5.41) is 4.79. The van der Waals surface area contributed by atoms with Crippen molar-refractivity contribution in [3.63, 3.8) is 0 Å². The molecular formula is C19H17F3N4O2S. The molecule has 0 fully saturated rings. The first kappa shape index (κ1) is 20.7. The Bertz CT molecular complexity index is 1040. The van der Waals surface area contributed by atoms with E-state index in [0.717, 1.165) is 29.5 Å². The zero-order chi connectivity index (χ0) is 21.0. The topological polar surface area (TPSA) is 76.0 Å². The third kappa shape index (κ3) is 5.08. The minimum absolute atomic E-state index is 0.113. The third-order valence-corrected chi connectivity index (χ3v) is 5.01. The first-order valence-electron chi connectivity index (χ1n) is 8.53. The Kier molecular flexibility index (Phi) is 6.12. The number of urea groups is 1. The van der Waals surface area contributed by atoms with Crippen molar-refractivity contribution >= 4 is 34.7 Å². The lowest BCUT2D eigenvalue weighted by atomic mass is 10.2. The van der Waals surface area contributed by atoms with Crippen molar-refractivity contribution in [1.82, 2.24) is 20.2 Å². The highest BCUT2D eigenvalue weighted by Gasteiger charge is 2.31. The summed E-state index contributed by atoms with van der Waals surface area (Å²) in [6.07, 6.45) is -4.47. The van der Waals surface area contributed by atoms with Crippen molar-refractivity contribution in [3.8, 4) is 0 Å². The van der Waals surface area contributed by atoms with Gasteiger partial charge in [-0.1, -0.05) is 42.1 Å². The molecule has 10 heteroatoms. The van der Waals surface area contributed by atoms with Gasteiger partial charge in [0.25, 0.3) is 0 Å². The normalized spacial score (nSPS) is 11.4. The molecule has 0 radical (unpaired) electrons. The number of halogens is 3. The number of imide groups is 1. The second-order valence-corrected chi connectivity index (χ2v) is 7.03. The van der Waals surface area contributed by atoms with Crippen LogP contribution in [-0.4, -0.2) is 34.3 Å². The molecule has 152 valence electrons. The van der Waals surface area contributed by atoms with Gasteiger partial charge in [-0.15, -0.1) is 0 Å². The lowest BCUT2D eigenvalue weighted by Crippen LogP contribution is -2.38. The van der Waals surface area contributed by atoms with Crippen LogP contribution in [0, 0.1) is 0 Å². The minimum Gasteiger partial charge on any atom is -0.341 e. The van der Waals surface area contributed by atoms with Crippen LogP contribution in [0.3, 0.4) is 0 Å². The van der Waals surface area contributed by atoms with Crippen molar-refractivity contribution in [2.75, 3.05) is 12.8 Å². The maximum absolute atomic E-state index is 13.0. The van der Waals surface area contributed by atoms with Crippen LogP contribution < -0.4 is 10.6 Å². The fraction of sp³-hybridized carbons (Fsp3) is 0.211. The van der Waals surface area contributed by atoms with E-state index in [4.69, 9.17) is 0 Å². The molecule has 2 aromatic carbocycles. The highest BCUT2D eigenvalue weighted by Crippen LogP contribution is 2.33. The van der Waals surface area contributed by atoms with Gasteiger partial charge in [-0.25, -0.2) is 9.78 Å². The molecule has 0 aliphatic heterocycles. The highest BCUT2D eigenvalue weighted by atomic mass is 32.2. The van der Waals surface area contributed by atoms with Gasteiger partial charge in [0.15, 0.2) is 5.16 Å². The van der Waals surface area contributed by atoms with Gasteiger partial charge in [0.1, 0.15) is 0 Å². The molecule has 0 saturated heterocycles. The number of carbonyl (C=O) groups excluding carboxylic acids is 2. The van der Waals surface area contributed by atoms with E-state index in [-0.39, 0.29) is 11.3 Å². The number of nitrogens with one attached hydrogen (secondary N) is 2. The quantitative estimate of drug-likeness (QED) is 0.616. The van der Waals surface area contributed by atoms with Crippen LogP contribution in [0.15, 0.2) is 53.7 Å². The van der Waals surface area contributed by atoms with Gasteiger partial charge in [0, 0.05) is 7.05 Å². The number of imidazole rings is 1. The average Bonchev–Trinajstić information content (AvgIpc) is 3.03. The average molecular weight is 422 g/mol. The number of rotatable bonds is 5. The molecule has 2 N–H and O–H groups in total. The van der Waals surface area contributed by atoms with Crippen LogP contribution in [0.25, 0.3) is 11.0 Å². The van der Waals surface area contributed by atoms with Gasteiger partial charge in [-0.3, -0.25) is 10.1 Å². The molecule has 0 bridgehead atoms. The lowest BCUT2D eigenvalue weighted by Gasteiger charge is -2.10. The molecule has 1 aromatic heterocycles. The number of benzene rings is 2. The van der Waals surface area contributed by atoms with Crippen LogP contribution >= 0.6 is 11.8 Å². The second kappa shape index (κ2) is 8.56. The van der Waals surface area contributed by atoms with E-state index in [1.54, 1.807) is 4.57 Å². The van der Waals surface area contributed by atoms with Crippen molar-refractivity contribution in [2.45, 2.75) is 17.9 Å². The zero-order valence-corrected chi connectivity index (χ0v) is 16.1. The molecule has 0 spiro atoms. The number of alkyl halides is 3. The summed E-state index contributed by atoms with van der Waals surface area (Å²) < 4.78 is 40.9. The Labute approximate surface area is 168 Å². The third-order valence-electron chi connectivity index (χ3n) is 4.04. The molecule has 0 atom stereocenters. The molecule has 0 saturated carbocycles. The monoisotopic (exact) mass is 422 g/mol. The molecule has 0 aliphatic carbocycles. The first-order valence-corrected chi connectivity index (χ1v) is 9.52. The van der Waals surface area contributed by atoms with Crippen molar-refractivity contribution in [1.29, 1.82) is 0 Å². The summed E-state index contributed by atoms with van der Waals surface area (Å²) in [5.74, 6) is -0.652. The Balaban J connectivity index is 1.94. The van der Waals surface area contributed by atoms with Gasteiger partial charge in [0.2, 0.25) is 5.91 Å². The van der Waals surface area contributed by atoms with Gasteiger partial charge in [0.05, 0.1) is 28.9 Å². The van der Waals surface area contributed by atoms with Gasteiger partial charge in [-0.2, -0.15) is 13.2 Å². The molecule has 29 heavy (non-hydrogen) atoms. The molecular weight excluding hydrogens is 405 g/mol. The van der Waals surface area contributed by atoms with E-state index in [0.29, 0.717) is 17.2 Å². The number of hydrogen-bond donors (Lipinski definition) is 2. The number of thioether (sulfide) groups is 1. The zero-order valence-electron chi connectivity index (χ0n) is 15.3. The smallest absolute Gasteiger partial charge is 0.341 e. The van der Waals surface area contributed by atoms with Crippen LogP contribution in [0.5, 0.6) is 0 Å². The summed E-state index contributed by atoms with van der Waals surface area (Å²) in [5.41, 5.74) is 0.854. The van der Waals surface area contributed by atoms with E-state index in [2.05, 4.69) is 15.6 Å². The Morgan fingerprint density at radius 2 is 1.86 bits per heavy atom. The summed E-state index contributed by atoms with van der Waals surface area (Å²) in [4.78, 5) is 27.4. The molecule has 0 unspecified atom stereocenters. The van der Waals surface area contributed by atoms with Crippen LogP contribution in [-0.2, 0) is 17.5 Å². The number of fused-ring (bicyclic) bond motifs is 1. The maximum Gasteiger partial charge on any atom is 0.416 e. The molecule has 6 nitrogen and oxygen atoms in total. The fourth-order valence-electron chi connectivity index (χ4n) is 2.67. The Morgan fingerprint density at radius 3 is 2.52 bits per heavy atom. The maximum atomic E-state index is 13.0. The Morgan fingerprint density at radius 1 is 1.14 bits per heavy atom. The summed E-state index contributed by atoms with van der Waals surface area (Å²) in [7, 11) is 1.38. The lowest BCUT2D eigenvalue weighted by molar-refractivity contribution is -0.137. The number of hydrogen-bond acceptors (Lipinski definition) is 4. The number of nitrogens with zero attached hydrogens (tertiary/aromatic N) is 2. The van der Waals surface area contributed by atoms with Crippen molar-refractivity contribution in [3.05, 3.63) is 59.7 Å². The van der Waals surface area contributed by atoms with Crippen molar-refractivity contribution < 1.29 is 22.8 Å². The van der Waals surface area contributed by atoms with Crippen molar-refractivity contribution in [2.24, 2.45) is 0 Å². The molecule has 3 rings (SSSR count). The number of carbonyl (C=O) groups is 2. The molecule has 1 heterocycles. The summed E-state index contributed by atoms with van der Waals surface area (Å²) in [6.45, 7) is 0.377.